The molecule has 2 N–H and O–H groups in total. The molecule has 0 saturated carbocycles. The molecule has 1 aliphatic rings. The number of rotatable bonds is 9. The molecule has 2 heterocycles. The molecular weight excluding hydrogens is 436 g/mol. The minimum Gasteiger partial charge on any atom is -0.497 e. The number of furan rings is 1. The van der Waals surface area contributed by atoms with Crippen LogP contribution in [0.25, 0.3) is 0 Å². The highest BCUT2D eigenvalue weighted by Crippen LogP contribution is 2.32. The average Bonchev–Trinajstić information content (AvgIpc) is 3.49. The van der Waals surface area contributed by atoms with Gasteiger partial charge in [0.1, 0.15) is 11.5 Å². The molecule has 0 spiro atoms. The fourth-order valence-corrected chi connectivity index (χ4v) is 4.41. The van der Waals surface area contributed by atoms with Crippen molar-refractivity contribution in [3.05, 3.63) is 72.2 Å². The summed E-state index contributed by atoms with van der Waals surface area (Å²) in [6, 6.07) is 13.7. The van der Waals surface area contributed by atoms with Crippen molar-refractivity contribution in [2.45, 2.75) is 23.9 Å². The van der Waals surface area contributed by atoms with Gasteiger partial charge in [-0.1, -0.05) is 6.07 Å². The van der Waals surface area contributed by atoms with E-state index in [9.17, 15) is 13.2 Å². The lowest BCUT2D eigenvalue weighted by Gasteiger charge is -2.17. The van der Waals surface area contributed by atoms with Gasteiger partial charge in [0.25, 0.3) is 0 Å². The molecule has 0 radical (unpaired) electrons. The highest BCUT2D eigenvalue weighted by Gasteiger charge is 2.26. The standard InChI is InChI=1S/C22H22N2O7S/c1-28-16-5-7-17(8-6-16)32(26,27)24-18(19-3-2-10-29-19)12-22(25)23-13-15-4-9-20-21(11-15)31-14-30-20/h2-11,18,24H,12-14H2,1H3,(H,23,25)/t18-/m1/s1. The van der Waals surface area contributed by atoms with E-state index in [1.54, 1.807) is 36.4 Å². The van der Waals surface area contributed by atoms with Crippen LogP contribution in [-0.4, -0.2) is 28.2 Å². The van der Waals surface area contributed by atoms with Crippen molar-refractivity contribution in [2.24, 2.45) is 0 Å². The molecule has 9 nitrogen and oxygen atoms in total. The number of benzene rings is 2. The Balaban J connectivity index is 1.43. The SMILES string of the molecule is COc1ccc(S(=O)(=O)N[C@H](CC(=O)NCc2ccc3c(c2)OCO3)c2ccco2)cc1. The maximum absolute atomic E-state index is 12.9. The molecule has 10 heteroatoms. The lowest BCUT2D eigenvalue weighted by molar-refractivity contribution is -0.121. The van der Waals surface area contributed by atoms with Gasteiger partial charge >= 0.3 is 0 Å². The van der Waals surface area contributed by atoms with Crippen molar-refractivity contribution in [1.82, 2.24) is 10.0 Å². The van der Waals surface area contributed by atoms with E-state index in [2.05, 4.69) is 10.0 Å². The Bertz CT molecular complexity index is 1180. The van der Waals surface area contributed by atoms with E-state index >= 15 is 0 Å². The van der Waals surface area contributed by atoms with E-state index in [1.807, 2.05) is 6.07 Å². The van der Waals surface area contributed by atoms with E-state index in [1.165, 1.54) is 25.5 Å². The number of amides is 1. The van der Waals surface area contributed by atoms with Gasteiger partial charge in [0.15, 0.2) is 11.5 Å². The number of fused-ring (bicyclic) bond motifs is 1. The lowest BCUT2D eigenvalue weighted by atomic mass is 10.1. The summed E-state index contributed by atoms with van der Waals surface area (Å²) in [5, 5.41) is 2.79. The van der Waals surface area contributed by atoms with Crippen LogP contribution in [-0.2, 0) is 21.4 Å². The first kappa shape index (κ1) is 21.7. The molecule has 32 heavy (non-hydrogen) atoms. The third-order valence-corrected chi connectivity index (χ3v) is 6.36. The van der Waals surface area contributed by atoms with Gasteiger partial charge in [0.2, 0.25) is 22.7 Å². The predicted octanol–water partition coefficient (Wildman–Crippen LogP) is 2.74. The third kappa shape index (κ3) is 5.04. The molecule has 4 rings (SSSR count). The molecule has 1 atom stereocenters. The van der Waals surface area contributed by atoms with Crippen LogP contribution in [0.2, 0.25) is 0 Å². The van der Waals surface area contributed by atoms with E-state index in [0.717, 1.165) is 5.56 Å². The second-order valence-corrected chi connectivity index (χ2v) is 8.75. The summed E-state index contributed by atoms with van der Waals surface area (Å²) in [5.74, 6) is 1.81. The molecule has 1 aliphatic heterocycles. The molecule has 168 valence electrons. The van der Waals surface area contributed by atoms with E-state index in [-0.39, 0.29) is 30.6 Å². The molecule has 1 amide bonds. The minimum atomic E-state index is -3.91. The van der Waals surface area contributed by atoms with Crippen molar-refractivity contribution in [3.8, 4) is 17.2 Å². The Kier molecular flexibility index (Phi) is 6.33. The number of nitrogens with one attached hydrogen (secondary N) is 2. The highest BCUT2D eigenvalue weighted by atomic mass is 32.2. The summed E-state index contributed by atoms with van der Waals surface area (Å²) >= 11 is 0. The minimum absolute atomic E-state index is 0.0515. The van der Waals surface area contributed by atoms with Crippen LogP contribution in [0.5, 0.6) is 17.2 Å². The molecule has 0 aliphatic carbocycles. The number of carbonyl (C=O) groups excluding carboxylic acids is 1. The van der Waals surface area contributed by atoms with Crippen LogP contribution >= 0.6 is 0 Å². The monoisotopic (exact) mass is 458 g/mol. The maximum atomic E-state index is 12.9. The van der Waals surface area contributed by atoms with Gasteiger partial charge in [-0.3, -0.25) is 4.79 Å². The molecule has 0 bridgehead atoms. The molecule has 0 saturated heterocycles. The van der Waals surface area contributed by atoms with Crippen molar-refractivity contribution in [3.63, 3.8) is 0 Å². The van der Waals surface area contributed by atoms with Crippen LogP contribution < -0.4 is 24.2 Å². The largest absolute Gasteiger partial charge is 0.497 e. The summed E-state index contributed by atoms with van der Waals surface area (Å²) < 4.78 is 49.3. The first-order valence-electron chi connectivity index (χ1n) is 9.79. The first-order chi connectivity index (χ1) is 15.4. The smallest absolute Gasteiger partial charge is 0.241 e. The number of methoxy groups -OCH3 is 1. The molecule has 0 unspecified atom stereocenters. The zero-order valence-electron chi connectivity index (χ0n) is 17.2. The molecular formula is C22H22N2O7S. The summed E-state index contributed by atoms with van der Waals surface area (Å²) in [6.45, 7) is 0.426. The molecule has 0 fully saturated rings. The summed E-state index contributed by atoms with van der Waals surface area (Å²) in [4.78, 5) is 12.7. The lowest BCUT2D eigenvalue weighted by Crippen LogP contribution is -2.33. The number of sulfonamides is 1. The van der Waals surface area contributed by atoms with Gasteiger partial charge in [0.05, 0.1) is 30.7 Å². The van der Waals surface area contributed by atoms with Crippen LogP contribution in [0.4, 0.5) is 0 Å². The molecule has 1 aromatic heterocycles. The zero-order chi connectivity index (χ0) is 22.6. The Morgan fingerprint density at radius 2 is 1.88 bits per heavy atom. The van der Waals surface area contributed by atoms with Crippen LogP contribution in [0.15, 0.2) is 70.2 Å². The van der Waals surface area contributed by atoms with E-state index in [0.29, 0.717) is 23.0 Å². The Hall–Kier alpha value is -3.50. The number of ether oxygens (including phenoxy) is 3. The van der Waals surface area contributed by atoms with Gasteiger partial charge in [-0.2, -0.15) is 4.72 Å². The van der Waals surface area contributed by atoms with Crippen LogP contribution in [0, 0.1) is 0 Å². The fraction of sp³-hybridized carbons (Fsp3) is 0.227. The van der Waals surface area contributed by atoms with E-state index in [4.69, 9.17) is 18.6 Å². The number of hydrogen-bond acceptors (Lipinski definition) is 7. The van der Waals surface area contributed by atoms with Gasteiger partial charge in [-0.05, 0) is 54.1 Å². The second kappa shape index (κ2) is 9.33. The predicted molar refractivity (Wildman–Crippen MR) is 114 cm³/mol. The summed E-state index contributed by atoms with van der Waals surface area (Å²) in [5.41, 5.74) is 0.830. The Labute approximate surface area is 185 Å². The van der Waals surface area contributed by atoms with Crippen molar-refractivity contribution >= 4 is 15.9 Å². The number of hydrogen-bond donors (Lipinski definition) is 2. The Morgan fingerprint density at radius 1 is 1.09 bits per heavy atom. The van der Waals surface area contributed by atoms with E-state index < -0.39 is 16.1 Å². The second-order valence-electron chi connectivity index (χ2n) is 7.03. The zero-order valence-corrected chi connectivity index (χ0v) is 18.1. The normalized spacial score (nSPS) is 13.5. The molecule has 3 aromatic rings. The summed E-state index contributed by atoms with van der Waals surface area (Å²) in [7, 11) is -2.41. The van der Waals surface area contributed by atoms with Crippen molar-refractivity contribution in [1.29, 1.82) is 0 Å². The van der Waals surface area contributed by atoms with Crippen LogP contribution in [0.3, 0.4) is 0 Å². The Morgan fingerprint density at radius 3 is 2.59 bits per heavy atom. The maximum Gasteiger partial charge on any atom is 0.241 e. The van der Waals surface area contributed by atoms with Crippen molar-refractivity contribution in [2.75, 3.05) is 13.9 Å². The van der Waals surface area contributed by atoms with Gasteiger partial charge < -0.3 is 23.9 Å². The quantitative estimate of drug-likeness (QED) is 0.506. The number of carbonyl (C=O) groups is 1. The fourth-order valence-electron chi connectivity index (χ4n) is 3.21. The summed E-state index contributed by atoms with van der Waals surface area (Å²) in [6.07, 6.45) is 1.28. The highest BCUT2D eigenvalue weighted by molar-refractivity contribution is 7.89. The van der Waals surface area contributed by atoms with Gasteiger partial charge in [0, 0.05) is 6.54 Å². The van der Waals surface area contributed by atoms with Gasteiger partial charge in [-0.15, -0.1) is 0 Å². The van der Waals surface area contributed by atoms with Crippen LogP contribution in [0.1, 0.15) is 23.8 Å². The first-order valence-corrected chi connectivity index (χ1v) is 11.3. The van der Waals surface area contributed by atoms with Gasteiger partial charge in [-0.25, -0.2) is 8.42 Å². The third-order valence-electron chi connectivity index (χ3n) is 4.87. The topological polar surface area (TPSA) is 116 Å². The molecule has 2 aromatic carbocycles. The van der Waals surface area contributed by atoms with Crippen molar-refractivity contribution < 1.29 is 31.8 Å². The average molecular weight is 458 g/mol.